The van der Waals surface area contributed by atoms with Gasteiger partial charge < -0.3 is 14.6 Å². The molecule has 0 spiro atoms. The summed E-state index contributed by atoms with van der Waals surface area (Å²) in [6.07, 6.45) is 3.69. The molecule has 5 nitrogen and oxygen atoms in total. The largest absolute Gasteiger partial charge is 0.476 e. The maximum absolute atomic E-state index is 5.79. The molecule has 1 aliphatic heterocycles. The summed E-state index contributed by atoms with van der Waals surface area (Å²) in [5, 5.41) is 1.09. The third kappa shape index (κ3) is 2.65. The number of fused-ring (bicyclic) bond motifs is 3. The Labute approximate surface area is 143 Å². The number of H-pyrrole nitrogens is 1. The van der Waals surface area contributed by atoms with E-state index in [4.69, 9.17) is 9.72 Å². The molecule has 1 saturated heterocycles. The molecule has 0 unspecified atom stereocenters. The topological polar surface area (TPSA) is 54.0 Å². The highest BCUT2D eigenvalue weighted by Gasteiger charge is 2.19. The zero-order chi connectivity index (χ0) is 15.8. The number of rotatable bonds is 3. The van der Waals surface area contributed by atoms with Crippen LogP contribution in [0.4, 0.5) is 5.95 Å². The zero-order valence-electron chi connectivity index (χ0n) is 13.1. The van der Waals surface area contributed by atoms with Crippen molar-refractivity contribution in [2.45, 2.75) is 26.2 Å². The van der Waals surface area contributed by atoms with Crippen molar-refractivity contribution in [3.05, 3.63) is 22.7 Å². The Balaban J connectivity index is 1.94. The van der Waals surface area contributed by atoms with Gasteiger partial charge in [-0.25, -0.2) is 4.98 Å². The number of piperidine rings is 1. The van der Waals surface area contributed by atoms with Gasteiger partial charge in [0.25, 0.3) is 0 Å². The number of nitrogens with one attached hydrogen (secondary N) is 1. The van der Waals surface area contributed by atoms with Crippen LogP contribution in [0.5, 0.6) is 5.88 Å². The summed E-state index contributed by atoms with van der Waals surface area (Å²) in [6.45, 7) is 4.60. The molecule has 0 radical (unpaired) electrons. The van der Waals surface area contributed by atoms with Crippen LogP contribution in [0.15, 0.2) is 22.7 Å². The second-order valence-corrected chi connectivity index (χ2v) is 6.76. The fourth-order valence-electron chi connectivity index (χ4n) is 3.17. The Kier molecular flexibility index (Phi) is 3.85. The highest BCUT2D eigenvalue weighted by molar-refractivity contribution is 9.10. The minimum absolute atomic E-state index is 0.588. The molecule has 0 bridgehead atoms. The Morgan fingerprint density at radius 1 is 1.22 bits per heavy atom. The zero-order valence-corrected chi connectivity index (χ0v) is 14.7. The van der Waals surface area contributed by atoms with Crippen molar-refractivity contribution in [1.82, 2.24) is 15.0 Å². The van der Waals surface area contributed by atoms with Gasteiger partial charge in [-0.05, 0) is 44.4 Å². The fourth-order valence-corrected chi connectivity index (χ4v) is 3.53. The molecule has 1 fully saturated rings. The van der Waals surface area contributed by atoms with Crippen molar-refractivity contribution in [2.24, 2.45) is 0 Å². The van der Waals surface area contributed by atoms with Gasteiger partial charge in [0.05, 0.1) is 6.61 Å². The van der Waals surface area contributed by atoms with Crippen LogP contribution in [0.1, 0.15) is 26.2 Å². The number of benzene rings is 1. The van der Waals surface area contributed by atoms with E-state index in [1.807, 2.05) is 13.0 Å². The summed E-state index contributed by atoms with van der Waals surface area (Å²) < 4.78 is 6.83. The first-order chi connectivity index (χ1) is 11.3. The van der Waals surface area contributed by atoms with Crippen molar-refractivity contribution < 1.29 is 4.74 Å². The number of hydrogen-bond acceptors (Lipinski definition) is 4. The first-order valence-corrected chi connectivity index (χ1v) is 8.92. The molecule has 2 aromatic heterocycles. The molecule has 0 atom stereocenters. The lowest BCUT2D eigenvalue weighted by Gasteiger charge is -2.26. The number of halogens is 1. The predicted octanol–water partition coefficient (Wildman–Crippen LogP) is 4.26. The van der Waals surface area contributed by atoms with E-state index in [1.54, 1.807) is 0 Å². The smallest absolute Gasteiger partial charge is 0.243 e. The van der Waals surface area contributed by atoms with Gasteiger partial charge in [0.2, 0.25) is 11.8 Å². The Morgan fingerprint density at radius 2 is 2.04 bits per heavy atom. The molecule has 1 N–H and O–H groups in total. The summed E-state index contributed by atoms with van der Waals surface area (Å²) in [7, 11) is 0. The van der Waals surface area contributed by atoms with Gasteiger partial charge in [0.15, 0.2) is 0 Å². The van der Waals surface area contributed by atoms with E-state index in [0.29, 0.717) is 12.5 Å². The fraction of sp³-hybridized carbons (Fsp3) is 0.412. The number of ether oxygens (including phenoxy) is 1. The van der Waals surface area contributed by atoms with Crippen molar-refractivity contribution >= 4 is 43.8 Å². The van der Waals surface area contributed by atoms with Crippen molar-refractivity contribution in [2.75, 3.05) is 24.6 Å². The van der Waals surface area contributed by atoms with Crippen molar-refractivity contribution in [3.8, 4) is 5.88 Å². The predicted molar refractivity (Wildman–Crippen MR) is 96.3 cm³/mol. The highest BCUT2D eigenvalue weighted by atomic mass is 79.9. The molecule has 0 amide bonds. The van der Waals surface area contributed by atoms with Crippen LogP contribution in [-0.2, 0) is 0 Å². The summed E-state index contributed by atoms with van der Waals surface area (Å²) in [5.74, 6) is 1.42. The number of nitrogens with zero attached hydrogens (tertiary/aromatic N) is 3. The van der Waals surface area contributed by atoms with E-state index in [0.717, 1.165) is 45.4 Å². The van der Waals surface area contributed by atoms with Gasteiger partial charge in [-0.15, -0.1) is 0 Å². The number of hydrogen-bond donors (Lipinski definition) is 1. The summed E-state index contributed by atoms with van der Waals surface area (Å²) in [6, 6.07) is 6.17. The molecule has 3 aromatic rings. The quantitative estimate of drug-likeness (QED) is 0.743. The molecule has 120 valence electrons. The van der Waals surface area contributed by atoms with E-state index in [9.17, 15) is 0 Å². The molecule has 0 saturated carbocycles. The molecule has 1 aromatic carbocycles. The summed E-state index contributed by atoms with van der Waals surface area (Å²) in [5.41, 5.74) is 2.86. The molecular weight excluding hydrogens is 356 g/mol. The van der Waals surface area contributed by atoms with E-state index in [1.165, 1.54) is 19.3 Å². The monoisotopic (exact) mass is 374 g/mol. The Morgan fingerprint density at radius 3 is 2.83 bits per heavy atom. The Bertz CT molecular complexity index is 855. The van der Waals surface area contributed by atoms with Crippen molar-refractivity contribution in [3.63, 3.8) is 0 Å². The molecule has 4 rings (SSSR count). The Hall–Kier alpha value is -1.82. The van der Waals surface area contributed by atoms with E-state index >= 15 is 0 Å². The number of aromatic nitrogens is 3. The maximum atomic E-state index is 5.79. The van der Waals surface area contributed by atoms with Gasteiger partial charge in [-0.1, -0.05) is 15.9 Å². The second-order valence-electron chi connectivity index (χ2n) is 5.85. The minimum Gasteiger partial charge on any atom is -0.476 e. The lowest BCUT2D eigenvalue weighted by molar-refractivity contribution is 0.330. The number of anilines is 1. The van der Waals surface area contributed by atoms with Crippen LogP contribution in [0.25, 0.3) is 21.9 Å². The standard InChI is InChI=1S/C17H19BrN4O/c1-2-23-16-15-14(12-10-11(18)6-7-13(12)19-15)20-17(21-16)22-8-4-3-5-9-22/h6-7,10,19H,2-5,8-9H2,1H3. The van der Waals surface area contributed by atoms with E-state index in [2.05, 4.69) is 42.9 Å². The molecule has 23 heavy (non-hydrogen) atoms. The van der Waals surface area contributed by atoms with Gasteiger partial charge in [-0.2, -0.15) is 4.98 Å². The molecule has 0 aliphatic carbocycles. The molecule has 1 aliphatic rings. The molecule has 3 heterocycles. The van der Waals surface area contributed by atoms with Crippen LogP contribution in [0.2, 0.25) is 0 Å². The van der Waals surface area contributed by atoms with Gasteiger partial charge in [-0.3, -0.25) is 0 Å². The third-order valence-corrected chi connectivity index (χ3v) is 4.77. The average Bonchev–Trinajstić information content (AvgIpc) is 2.94. The van der Waals surface area contributed by atoms with Crippen molar-refractivity contribution in [1.29, 1.82) is 0 Å². The van der Waals surface area contributed by atoms with Gasteiger partial charge in [0.1, 0.15) is 11.0 Å². The van der Waals surface area contributed by atoms with Crippen LogP contribution in [0.3, 0.4) is 0 Å². The first-order valence-electron chi connectivity index (χ1n) is 8.13. The summed E-state index contributed by atoms with van der Waals surface area (Å²) >= 11 is 3.55. The lowest BCUT2D eigenvalue weighted by atomic mass is 10.1. The van der Waals surface area contributed by atoms with Gasteiger partial charge in [0, 0.05) is 28.5 Å². The number of aromatic amines is 1. The average molecular weight is 375 g/mol. The SMILES string of the molecule is CCOc1nc(N2CCCCC2)nc2c1[nH]c1ccc(Br)cc12. The third-order valence-electron chi connectivity index (χ3n) is 4.28. The van der Waals surface area contributed by atoms with E-state index < -0.39 is 0 Å². The van der Waals surface area contributed by atoms with Crippen LogP contribution >= 0.6 is 15.9 Å². The summed E-state index contributed by atoms with van der Waals surface area (Å²) in [4.78, 5) is 15.2. The molecular formula is C17H19BrN4O. The van der Waals surface area contributed by atoms with Crippen LogP contribution < -0.4 is 9.64 Å². The minimum atomic E-state index is 0.588. The normalized spacial score (nSPS) is 15.5. The van der Waals surface area contributed by atoms with Crippen LogP contribution in [-0.4, -0.2) is 34.6 Å². The van der Waals surface area contributed by atoms with Crippen LogP contribution in [0, 0.1) is 0 Å². The van der Waals surface area contributed by atoms with E-state index in [-0.39, 0.29) is 0 Å². The second kappa shape index (κ2) is 6.00. The van der Waals surface area contributed by atoms with Gasteiger partial charge >= 0.3 is 0 Å². The lowest BCUT2D eigenvalue weighted by Crippen LogP contribution is -2.31. The molecule has 6 heteroatoms. The maximum Gasteiger partial charge on any atom is 0.243 e. The first kappa shape index (κ1) is 14.8. The highest BCUT2D eigenvalue weighted by Crippen LogP contribution is 2.33.